The van der Waals surface area contributed by atoms with Gasteiger partial charge in [-0.05, 0) is 43.2 Å². The molecule has 8 nitrogen and oxygen atoms in total. The van der Waals surface area contributed by atoms with Crippen LogP contribution in [0.3, 0.4) is 0 Å². The number of aryl methyl sites for hydroxylation is 1. The maximum absolute atomic E-state index is 14.1. The number of ether oxygens (including phenoxy) is 1. The average molecular weight is 517 g/mol. The molecule has 1 heterocycles. The van der Waals surface area contributed by atoms with Gasteiger partial charge in [0, 0.05) is 31.4 Å². The Kier molecular flexibility index (Phi) is 8.32. The van der Waals surface area contributed by atoms with Crippen molar-refractivity contribution in [2.45, 2.75) is 51.0 Å². The molecule has 0 fully saturated rings. The summed E-state index contributed by atoms with van der Waals surface area (Å²) in [5, 5.41) is 13.9. The van der Waals surface area contributed by atoms with E-state index in [9.17, 15) is 18.3 Å². The molecular formula is C25H32N2O6SSi. The summed E-state index contributed by atoms with van der Waals surface area (Å²) in [4.78, 5) is 11.2. The van der Waals surface area contributed by atoms with E-state index in [4.69, 9.17) is 9.26 Å². The van der Waals surface area contributed by atoms with Crippen LogP contribution in [0.25, 0.3) is 11.1 Å². The number of aliphatic hydroxyl groups is 1. The lowest BCUT2D eigenvalue weighted by Gasteiger charge is -2.24. The quantitative estimate of drug-likeness (QED) is 0.169. The van der Waals surface area contributed by atoms with Gasteiger partial charge in [-0.2, -0.15) is 0 Å². The monoisotopic (exact) mass is 516 g/mol. The molecule has 188 valence electrons. The summed E-state index contributed by atoms with van der Waals surface area (Å²) in [6, 6.07) is 12.2. The smallest absolute Gasteiger partial charge is 0.269 e. The first-order valence-corrected chi connectivity index (χ1v) is 16.5. The SMILES string of the molecule is Cc1noc(N(COCC[Si](C)(C)C)S(=O)(=O)c2ccccc2-c2ccc(C=O)cc2CO)c1C. The van der Waals surface area contributed by atoms with Gasteiger partial charge < -0.3 is 14.4 Å². The fourth-order valence-electron chi connectivity index (χ4n) is 3.51. The molecule has 0 radical (unpaired) electrons. The molecule has 0 bridgehead atoms. The van der Waals surface area contributed by atoms with E-state index in [0.717, 1.165) is 10.3 Å². The fourth-order valence-corrected chi connectivity index (χ4v) is 5.81. The second-order valence-corrected chi connectivity index (χ2v) is 17.0. The van der Waals surface area contributed by atoms with E-state index in [0.29, 0.717) is 46.4 Å². The summed E-state index contributed by atoms with van der Waals surface area (Å²) in [6.07, 6.45) is 0.681. The summed E-state index contributed by atoms with van der Waals surface area (Å²) in [7, 11) is -5.54. The van der Waals surface area contributed by atoms with Crippen LogP contribution in [-0.4, -0.2) is 46.4 Å². The third kappa shape index (κ3) is 6.07. The lowest BCUT2D eigenvalue weighted by molar-refractivity contribution is 0.112. The Morgan fingerprint density at radius 3 is 2.43 bits per heavy atom. The highest BCUT2D eigenvalue weighted by Gasteiger charge is 2.32. The largest absolute Gasteiger partial charge is 0.392 e. The minimum absolute atomic E-state index is 0.0239. The van der Waals surface area contributed by atoms with Gasteiger partial charge in [-0.1, -0.05) is 55.1 Å². The first kappa shape index (κ1) is 26.8. The van der Waals surface area contributed by atoms with Crippen LogP contribution in [-0.2, 0) is 21.4 Å². The summed E-state index contributed by atoms with van der Waals surface area (Å²) in [6.45, 7) is 10.0. The van der Waals surface area contributed by atoms with Gasteiger partial charge in [-0.25, -0.2) is 12.7 Å². The standard InChI is InChI=1S/C25H32N2O6SSi/c1-18-19(2)26-33-25(18)27(17-32-12-13-35(3,4)5)34(30,31)24-9-7-6-8-23(24)22-11-10-20(15-28)14-21(22)16-29/h6-11,14-15,29H,12-13,16-17H2,1-5H3. The molecule has 10 heteroatoms. The molecule has 0 aliphatic carbocycles. The van der Waals surface area contributed by atoms with Crippen molar-refractivity contribution < 1.29 is 27.6 Å². The number of hydrogen-bond acceptors (Lipinski definition) is 7. The molecule has 0 unspecified atom stereocenters. The van der Waals surface area contributed by atoms with Crippen molar-refractivity contribution in [2.24, 2.45) is 0 Å². The van der Waals surface area contributed by atoms with E-state index in [-0.39, 0.29) is 24.1 Å². The van der Waals surface area contributed by atoms with Crippen molar-refractivity contribution in [3.05, 3.63) is 64.8 Å². The third-order valence-electron chi connectivity index (χ3n) is 5.75. The Morgan fingerprint density at radius 1 is 1.11 bits per heavy atom. The molecule has 0 atom stereocenters. The molecule has 0 saturated carbocycles. The van der Waals surface area contributed by atoms with Crippen LogP contribution in [0.15, 0.2) is 51.9 Å². The molecule has 0 aliphatic rings. The summed E-state index contributed by atoms with van der Waals surface area (Å²) >= 11 is 0. The maximum atomic E-state index is 14.1. The number of anilines is 1. The lowest BCUT2D eigenvalue weighted by atomic mass is 9.98. The topological polar surface area (TPSA) is 110 Å². The Bertz CT molecular complexity index is 1300. The van der Waals surface area contributed by atoms with Gasteiger partial charge in [0.15, 0.2) is 0 Å². The lowest BCUT2D eigenvalue weighted by Crippen LogP contribution is -2.34. The van der Waals surface area contributed by atoms with E-state index in [2.05, 4.69) is 24.8 Å². The number of sulfonamides is 1. The summed E-state index contributed by atoms with van der Waals surface area (Å²) < 4.78 is 40.5. The number of benzene rings is 2. The van der Waals surface area contributed by atoms with Gasteiger partial charge in [-0.3, -0.25) is 4.79 Å². The first-order chi connectivity index (χ1) is 16.5. The third-order valence-corrected chi connectivity index (χ3v) is 9.21. The van der Waals surface area contributed by atoms with Crippen molar-refractivity contribution in [1.29, 1.82) is 0 Å². The van der Waals surface area contributed by atoms with Crippen LogP contribution in [0.4, 0.5) is 5.88 Å². The number of aromatic nitrogens is 1. The van der Waals surface area contributed by atoms with Gasteiger partial charge in [0.05, 0.1) is 17.2 Å². The molecule has 1 N–H and O–H groups in total. The molecule has 3 rings (SSSR count). The molecule has 1 aromatic heterocycles. The average Bonchev–Trinajstić information content (AvgIpc) is 3.15. The van der Waals surface area contributed by atoms with Crippen molar-refractivity contribution in [1.82, 2.24) is 5.16 Å². The Hall–Kier alpha value is -2.79. The highest BCUT2D eigenvalue weighted by atomic mass is 32.2. The number of hydrogen-bond donors (Lipinski definition) is 1. The van der Waals surface area contributed by atoms with Crippen LogP contribution < -0.4 is 4.31 Å². The number of rotatable bonds is 11. The zero-order chi connectivity index (χ0) is 25.8. The Labute approximate surface area is 207 Å². The predicted octanol–water partition coefficient (Wildman–Crippen LogP) is 4.77. The second-order valence-electron chi connectivity index (χ2n) is 9.59. The maximum Gasteiger partial charge on any atom is 0.269 e. The van der Waals surface area contributed by atoms with Crippen LogP contribution >= 0.6 is 0 Å². The van der Waals surface area contributed by atoms with Gasteiger partial charge in [-0.15, -0.1) is 0 Å². The molecule has 35 heavy (non-hydrogen) atoms. The van der Waals surface area contributed by atoms with Crippen LogP contribution in [0, 0.1) is 13.8 Å². The van der Waals surface area contributed by atoms with Crippen LogP contribution in [0.1, 0.15) is 27.2 Å². The summed E-state index contributed by atoms with van der Waals surface area (Å²) in [5.74, 6) is 0.101. The number of aliphatic hydroxyl groups excluding tert-OH is 1. The van der Waals surface area contributed by atoms with Crippen LogP contribution in [0.2, 0.25) is 25.7 Å². The zero-order valence-electron chi connectivity index (χ0n) is 20.7. The van der Waals surface area contributed by atoms with E-state index < -0.39 is 18.1 Å². The van der Waals surface area contributed by atoms with Crippen molar-refractivity contribution in [3.63, 3.8) is 0 Å². The molecular weight excluding hydrogens is 484 g/mol. The molecule has 0 spiro atoms. The number of aldehydes is 1. The normalized spacial score (nSPS) is 12.1. The Balaban J connectivity index is 2.09. The highest BCUT2D eigenvalue weighted by molar-refractivity contribution is 7.93. The first-order valence-electron chi connectivity index (χ1n) is 11.3. The predicted molar refractivity (Wildman–Crippen MR) is 138 cm³/mol. The number of carbonyl (C=O) groups excluding carboxylic acids is 1. The van der Waals surface area contributed by atoms with Gasteiger partial charge >= 0.3 is 0 Å². The van der Waals surface area contributed by atoms with Gasteiger partial charge in [0.2, 0.25) is 5.88 Å². The van der Waals surface area contributed by atoms with Crippen molar-refractivity contribution >= 4 is 30.3 Å². The van der Waals surface area contributed by atoms with Gasteiger partial charge in [0.25, 0.3) is 10.0 Å². The highest BCUT2D eigenvalue weighted by Crippen LogP contribution is 2.35. The summed E-state index contributed by atoms with van der Waals surface area (Å²) in [5.41, 5.74) is 2.94. The molecule has 0 amide bonds. The van der Waals surface area contributed by atoms with E-state index in [1.54, 1.807) is 50.2 Å². The van der Waals surface area contributed by atoms with Crippen LogP contribution in [0.5, 0.6) is 0 Å². The van der Waals surface area contributed by atoms with E-state index in [1.807, 2.05) is 0 Å². The number of carbonyl (C=O) groups is 1. The molecule has 3 aromatic rings. The van der Waals surface area contributed by atoms with Crippen molar-refractivity contribution in [2.75, 3.05) is 17.6 Å². The van der Waals surface area contributed by atoms with E-state index >= 15 is 0 Å². The van der Waals surface area contributed by atoms with Gasteiger partial charge in [0.1, 0.15) is 13.0 Å². The molecule has 0 saturated heterocycles. The minimum Gasteiger partial charge on any atom is -0.392 e. The molecule has 0 aliphatic heterocycles. The van der Waals surface area contributed by atoms with Crippen molar-refractivity contribution in [3.8, 4) is 11.1 Å². The van der Waals surface area contributed by atoms with E-state index in [1.165, 1.54) is 6.07 Å². The fraction of sp³-hybridized carbons (Fsp3) is 0.360. The molecule has 2 aromatic carbocycles. The Morgan fingerprint density at radius 2 is 1.83 bits per heavy atom. The number of nitrogens with zero attached hydrogens (tertiary/aromatic N) is 2. The minimum atomic E-state index is -4.16. The zero-order valence-corrected chi connectivity index (χ0v) is 22.6. The second kappa shape index (κ2) is 10.9.